The average molecular weight is 235 g/mol. The third-order valence-electron chi connectivity index (χ3n) is 3.74. The molecule has 1 aromatic rings. The van der Waals surface area contributed by atoms with Crippen molar-refractivity contribution in [3.8, 4) is 0 Å². The molecule has 92 valence electrons. The number of amides is 1. The minimum Gasteiger partial charge on any atom is -0.341 e. The van der Waals surface area contributed by atoms with Crippen LogP contribution in [0.4, 0.5) is 0 Å². The normalized spacial score (nSPS) is 27.4. The highest BCUT2D eigenvalue weighted by molar-refractivity contribution is 5.76. The van der Waals surface area contributed by atoms with Gasteiger partial charge in [0.1, 0.15) is 12.7 Å². The van der Waals surface area contributed by atoms with Crippen molar-refractivity contribution in [2.75, 3.05) is 19.6 Å². The highest BCUT2D eigenvalue weighted by Crippen LogP contribution is 2.24. The van der Waals surface area contributed by atoms with E-state index in [0.717, 1.165) is 19.6 Å². The molecule has 2 atom stereocenters. The molecule has 0 aromatic carbocycles. The first-order chi connectivity index (χ1) is 8.33. The lowest BCUT2D eigenvalue weighted by Crippen LogP contribution is -2.34. The molecule has 0 radical (unpaired) electrons. The summed E-state index contributed by atoms with van der Waals surface area (Å²) in [7, 11) is 0. The molecule has 0 unspecified atom stereocenters. The van der Waals surface area contributed by atoms with Crippen LogP contribution in [0.2, 0.25) is 0 Å². The summed E-state index contributed by atoms with van der Waals surface area (Å²) < 4.78 is 1.70. The molecule has 2 saturated heterocycles. The molecule has 0 aliphatic carbocycles. The summed E-state index contributed by atoms with van der Waals surface area (Å²) >= 11 is 0. The largest absolute Gasteiger partial charge is 0.341 e. The molecule has 1 amide bonds. The van der Waals surface area contributed by atoms with Gasteiger partial charge in [-0.05, 0) is 18.9 Å². The summed E-state index contributed by atoms with van der Waals surface area (Å²) in [5.74, 6) is 0.905. The van der Waals surface area contributed by atoms with Gasteiger partial charge in [0, 0.05) is 25.6 Å². The van der Waals surface area contributed by atoms with E-state index in [1.807, 2.05) is 4.90 Å². The molecular formula is C11H17N5O. The van der Waals surface area contributed by atoms with Gasteiger partial charge < -0.3 is 10.2 Å². The predicted octanol–water partition coefficient (Wildman–Crippen LogP) is -0.511. The molecule has 0 spiro atoms. The third kappa shape index (κ3) is 2.17. The van der Waals surface area contributed by atoms with Gasteiger partial charge >= 0.3 is 0 Å². The first-order valence-corrected chi connectivity index (χ1v) is 6.16. The van der Waals surface area contributed by atoms with E-state index >= 15 is 0 Å². The Morgan fingerprint density at radius 3 is 3.18 bits per heavy atom. The van der Waals surface area contributed by atoms with Crippen LogP contribution in [0.25, 0.3) is 0 Å². The number of hydrogen-bond acceptors (Lipinski definition) is 4. The number of nitrogens with one attached hydrogen (secondary N) is 1. The summed E-state index contributed by atoms with van der Waals surface area (Å²) in [5.41, 5.74) is 0. The number of fused-ring (bicyclic) bond motifs is 1. The van der Waals surface area contributed by atoms with Gasteiger partial charge in [-0.3, -0.25) is 9.48 Å². The maximum Gasteiger partial charge on any atom is 0.224 e. The average Bonchev–Trinajstić information content (AvgIpc) is 3.01. The number of likely N-dealkylation sites (tertiary alicyclic amines) is 1. The fraction of sp³-hybridized carbons (Fsp3) is 0.727. The van der Waals surface area contributed by atoms with Crippen molar-refractivity contribution in [1.29, 1.82) is 0 Å². The van der Waals surface area contributed by atoms with Crippen LogP contribution in [-0.2, 0) is 11.3 Å². The van der Waals surface area contributed by atoms with Gasteiger partial charge in [-0.25, -0.2) is 4.98 Å². The molecule has 6 nitrogen and oxygen atoms in total. The molecule has 17 heavy (non-hydrogen) atoms. The second-order valence-corrected chi connectivity index (χ2v) is 4.82. The van der Waals surface area contributed by atoms with E-state index in [2.05, 4.69) is 15.4 Å². The lowest BCUT2D eigenvalue weighted by Gasteiger charge is -2.17. The van der Waals surface area contributed by atoms with Crippen LogP contribution >= 0.6 is 0 Å². The summed E-state index contributed by atoms with van der Waals surface area (Å²) in [6.07, 6.45) is 4.86. The molecule has 1 aromatic heterocycles. The highest BCUT2D eigenvalue weighted by atomic mass is 16.2. The van der Waals surface area contributed by atoms with E-state index in [4.69, 9.17) is 0 Å². The SMILES string of the molecule is O=C(CCn1cncn1)N1C[C@@H]2CCN[C@@H]2C1. The van der Waals surface area contributed by atoms with Crippen molar-refractivity contribution >= 4 is 5.91 Å². The van der Waals surface area contributed by atoms with Crippen LogP contribution in [0.3, 0.4) is 0 Å². The highest BCUT2D eigenvalue weighted by Gasteiger charge is 2.37. The Balaban J connectivity index is 1.50. The Bertz CT molecular complexity index is 379. The van der Waals surface area contributed by atoms with Crippen LogP contribution < -0.4 is 5.32 Å². The van der Waals surface area contributed by atoms with Crippen LogP contribution in [0.15, 0.2) is 12.7 Å². The smallest absolute Gasteiger partial charge is 0.224 e. The van der Waals surface area contributed by atoms with Gasteiger partial charge in [0.15, 0.2) is 0 Å². The maximum absolute atomic E-state index is 12.0. The number of aromatic nitrogens is 3. The number of hydrogen-bond donors (Lipinski definition) is 1. The zero-order valence-electron chi connectivity index (χ0n) is 9.75. The molecule has 3 heterocycles. The molecule has 2 aliphatic rings. The zero-order chi connectivity index (χ0) is 11.7. The molecular weight excluding hydrogens is 218 g/mol. The molecule has 2 fully saturated rings. The Morgan fingerprint density at radius 2 is 2.41 bits per heavy atom. The number of carbonyl (C=O) groups is 1. The van der Waals surface area contributed by atoms with Crippen molar-refractivity contribution in [2.45, 2.75) is 25.4 Å². The van der Waals surface area contributed by atoms with E-state index in [9.17, 15) is 4.79 Å². The van der Waals surface area contributed by atoms with Crippen LogP contribution in [0, 0.1) is 5.92 Å². The summed E-state index contributed by atoms with van der Waals surface area (Å²) in [4.78, 5) is 17.9. The molecule has 1 N–H and O–H groups in total. The number of nitrogens with zero attached hydrogens (tertiary/aromatic N) is 4. The fourth-order valence-electron chi connectivity index (χ4n) is 2.77. The monoisotopic (exact) mass is 235 g/mol. The van der Waals surface area contributed by atoms with Crippen molar-refractivity contribution in [3.63, 3.8) is 0 Å². The number of aryl methyl sites for hydroxylation is 1. The Morgan fingerprint density at radius 1 is 1.47 bits per heavy atom. The van der Waals surface area contributed by atoms with Crippen LogP contribution in [0.5, 0.6) is 0 Å². The van der Waals surface area contributed by atoms with E-state index in [-0.39, 0.29) is 5.91 Å². The van der Waals surface area contributed by atoms with Gasteiger partial charge in [0.25, 0.3) is 0 Å². The van der Waals surface area contributed by atoms with Crippen molar-refractivity contribution in [3.05, 3.63) is 12.7 Å². The van der Waals surface area contributed by atoms with Gasteiger partial charge in [0.2, 0.25) is 5.91 Å². The van der Waals surface area contributed by atoms with E-state index in [1.165, 1.54) is 12.7 Å². The predicted molar refractivity (Wildman–Crippen MR) is 61.1 cm³/mol. The lowest BCUT2D eigenvalue weighted by molar-refractivity contribution is -0.130. The molecule has 3 rings (SSSR count). The first kappa shape index (κ1) is 10.7. The van der Waals surface area contributed by atoms with Crippen molar-refractivity contribution in [1.82, 2.24) is 25.0 Å². The van der Waals surface area contributed by atoms with Crippen LogP contribution in [-0.4, -0.2) is 51.2 Å². The lowest BCUT2D eigenvalue weighted by atomic mass is 10.1. The minimum atomic E-state index is 0.233. The Kier molecular flexibility index (Phi) is 2.80. The van der Waals surface area contributed by atoms with Gasteiger partial charge in [-0.15, -0.1) is 0 Å². The standard InChI is InChI=1S/C11H17N5O/c17-11(2-4-16-8-12-7-14-16)15-5-9-1-3-13-10(9)6-15/h7-10,13H,1-6H2/t9-,10+/m0/s1. The number of carbonyl (C=O) groups excluding carboxylic acids is 1. The summed E-state index contributed by atoms with van der Waals surface area (Å²) in [5, 5.41) is 7.45. The topological polar surface area (TPSA) is 63.1 Å². The summed E-state index contributed by atoms with van der Waals surface area (Å²) in [6.45, 7) is 3.53. The third-order valence-corrected chi connectivity index (χ3v) is 3.74. The summed E-state index contributed by atoms with van der Waals surface area (Å²) in [6, 6.07) is 0.533. The van der Waals surface area contributed by atoms with Gasteiger partial charge in [-0.2, -0.15) is 5.10 Å². The molecule has 2 aliphatic heterocycles. The quantitative estimate of drug-likeness (QED) is 0.766. The second-order valence-electron chi connectivity index (χ2n) is 4.82. The fourth-order valence-corrected chi connectivity index (χ4v) is 2.77. The van der Waals surface area contributed by atoms with Gasteiger partial charge in [0.05, 0.1) is 6.54 Å². The maximum atomic E-state index is 12.0. The van der Waals surface area contributed by atoms with Gasteiger partial charge in [-0.1, -0.05) is 0 Å². The first-order valence-electron chi connectivity index (χ1n) is 6.16. The van der Waals surface area contributed by atoms with E-state index in [0.29, 0.717) is 24.9 Å². The molecule has 0 bridgehead atoms. The van der Waals surface area contributed by atoms with E-state index < -0.39 is 0 Å². The second kappa shape index (κ2) is 4.44. The zero-order valence-corrected chi connectivity index (χ0v) is 9.75. The molecule has 6 heteroatoms. The minimum absolute atomic E-state index is 0.233. The van der Waals surface area contributed by atoms with Crippen LogP contribution in [0.1, 0.15) is 12.8 Å². The Hall–Kier alpha value is -1.43. The van der Waals surface area contributed by atoms with E-state index in [1.54, 1.807) is 11.0 Å². The number of rotatable bonds is 3. The molecule has 0 saturated carbocycles. The van der Waals surface area contributed by atoms with Crippen molar-refractivity contribution < 1.29 is 4.79 Å². The Labute approximate surface area is 100 Å². The van der Waals surface area contributed by atoms with Crippen molar-refractivity contribution in [2.24, 2.45) is 5.92 Å².